The zero-order chi connectivity index (χ0) is 10.8. The van der Waals surface area contributed by atoms with Crippen molar-refractivity contribution in [2.45, 2.75) is 59.9 Å². The van der Waals surface area contributed by atoms with Crippen LogP contribution in [0, 0.1) is 11.3 Å². The number of hydrogen-bond acceptors (Lipinski definition) is 1. The minimum absolute atomic E-state index is 0.505. The lowest BCUT2D eigenvalue weighted by Gasteiger charge is -2.37. The van der Waals surface area contributed by atoms with E-state index in [2.05, 4.69) is 39.5 Å². The molecule has 0 amide bonds. The maximum Gasteiger partial charge on any atom is 0.00387 e. The van der Waals surface area contributed by atoms with Gasteiger partial charge in [-0.25, -0.2) is 0 Å². The second kappa shape index (κ2) is 4.65. The molecule has 1 fully saturated rings. The molecule has 1 atom stereocenters. The Morgan fingerprint density at radius 1 is 1.29 bits per heavy atom. The third-order valence-electron chi connectivity index (χ3n) is 3.18. The molecule has 1 heterocycles. The lowest BCUT2D eigenvalue weighted by Crippen LogP contribution is -2.40. The van der Waals surface area contributed by atoms with E-state index in [1.54, 1.807) is 0 Å². The molecule has 0 spiro atoms. The molecule has 1 nitrogen and oxygen atoms in total. The quantitative estimate of drug-likeness (QED) is 0.654. The summed E-state index contributed by atoms with van der Waals surface area (Å²) in [6, 6.07) is 0.734. The molecule has 0 aromatic heterocycles. The Balaban J connectivity index is 2.40. The lowest BCUT2D eigenvalue weighted by molar-refractivity contribution is 0.114. The van der Waals surface area contributed by atoms with Crippen LogP contribution in [0.1, 0.15) is 53.9 Å². The average Bonchev–Trinajstić information content (AvgIpc) is 2.01. The maximum absolute atomic E-state index is 2.64. The van der Waals surface area contributed by atoms with Crippen LogP contribution in [0.4, 0.5) is 0 Å². The molecular weight excluding hydrogens is 170 g/mol. The molecule has 1 rings (SSSR count). The minimum Gasteiger partial charge on any atom is -0.301 e. The Morgan fingerprint density at radius 2 is 1.93 bits per heavy atom. The van der Waals surface area contributed by atoms with E-state index in [9.17, 15) is 0 Å². The zero-order valence-electron chi connectivity index (χ0n) is 10.6. The van der Waals surface area contributed by atoms with E-state index in [-0.39, 0.29) is 0 Å². The fraction of sp³-hybridized carbons (Fsp3) is 1.00. The normalized spacial score (nSPS) is 25.7. The van der Waals surface area contributed by atoms with E-state index in [1.807, 2.05) is 0 Å². The van der Waals surface area contributed by atoms with Gasteiger partial charge in [-0.05, 0) is 51.0 Å². The van der Waals surface area contributed by atoms with Crippen LogP contribution in [0.15, 0.2) is 0 Å². The summed E-state index contributed by atoms with van der Waals surface area (Å²) in [6.07, 6.45) is 4.23. The van der Waals surface area contributed by atoms with Crippen LogP contribution in [0.2, 0.25) is 0 Å². The Hall–Kier alpha value is -0.0400. The summed E-state index contributed by atoms with van der Waals surface area (Å²) in [5, 5.41) is 0. The van der Waals surface area contributed by atoms with Crippen molar-refractivity contribution in [3.05, 3.63) is 0 Å². The number of rotatable bonds is 2. The van der Waals surface area contributed by atoms with Gasteiger partial charge >= 0.3 is 0 Å². The molecule has 1 heteroatoms. The summed E-state index contributed by atoms with van der Waals surface area (Å²) in [7, 11) is 0. The van der Waals surface area contributed by atoms with Crippen LogP contribution in [0.25, 0.3) is 0 Å². The Bertz CT molecular complexity index is 167. The number of likely N-dealkylation sites (tertiary alicyclic amines) is 1. The molecule has 1 aliphatic rings. The fourth-order valence-corrected chi connectivity index (χ4v) is 2.60. The topological polar surface area (TPSA) is 3.24 Å². The summed E-state index contributed by atoms with van der Waals surface area (Å²) in [5.74, 6) is 0.936. The average molecular weight is 197 g/mol. The summed E-state index contributed by atoms with van der Waals surface area (Å²) < 4.78 is 0. The molecule has 1 unspecified atom stereocenters. The van der Waals surface area contributed by atoms with Crippen molar-refractivity contribution in [3.8, 4) is 0 Å². The van der Waals surface area contributed by atoms with Gasteiger partial charge in [0.15, 0.2) is 0 Å². The standard InChI is InChI=1S/C13H27N/c1-11(2)14-8-6-7-12(10-14)9-13(3,4)5/h11-12H,6-10H2,1-5H3. The summed E-state index contributed by atoms with van der Waals surface area (Å²) in [5.41, 5.74) is 0.505. The molecule has 1 saturated heterocycles. The van der Waals surface area contributed by atoms with Crippen LogP contribution in [-0.4, -0.2) is 24.0 Å². The first kappa shape index (κ1) is 12.0. The van der Waals surface area contributed by atoms with E-state index >= 15 is 0 Å². The predicted molar refractivity (Wildman–Crippen MR) is 63.5 cm³/mol. The summed E-state index contributed by atoms with van der Waals surface area (Å²) in [6.45, 7) is 14.4. The Kier molecular flexibility index (Phi) is 4.00. The van der Waals surface area contributed by atoms with E-state index < -0.39 is 0 Å². The summed E-state index contributed by atoms with van der Waals surface area (Å²) >= 11 is 0. The molecule has 84 valence electrons. The Morgan fingerprint density at radius 3 is 2.43 bits per heavy atom. The second-order valence-corrected chi connectivity index (χ2v) is 6.36. The molecule has 0 aromatic carbocycles. The van der Waals surface area contributed by atoms with Gasteiger partial charge in [-0.15, -0.1) is 0 Å². The molecule has 1 aliphatic heterocycles. The first-order valence-corrected chi connectivity index (χ1v) is 6.12. The highest BCUT2D eigenvalue weighted by molar-refractivity contribution is 4.78. The van der Waals surface area contributed by atoms with Gasteiger partial charge < -0.3 is 4.90 Å². The largest absolute Gasteiger partial charge is 0.301 e. The van der Waals surface area contributed by atoms with Crippen LogP contribution in [-0.2, 0) is 0 Å². The van der Waals surface area contributed by atoms with Gasteiger partial charge in [0.25, 0.3) is 0 Å². The zero-order valence-corrected chi connectivity index (χ0v) is 10.6. The van der Waals surface area contributed by atoms with Crippen LogP contribution in [0.3, 0.4) is 0 Å². The van der Waals surface area contributed by atoms with Gasteiger partial charge in [0, 0.05) is 12.6 Å². The predicted octanol–water partition coefficient (Wildman–Crippen LogP) is 3.54. The minimum atomic E-state index is 0.505. The van der Waals surface area contributed by atoms with Crippen molar-refractivity contribution >= 4 is 0 Å². The van der Waals surface area contributed by atoms with Crippen LogP contribution in [0.5, 0.6) is 0 Å². The van der Waals surface area contributed by atoms with E-state index in [0.717, 1.165) is 12.0 Å². The third kappa shape index (κ3) is 4.00. The molecule has 0 bridgehead atoms. The molecular formula is C13H27N. The number of piperidine rings is 1. The SMILES string of the molecule is CC(C)N1CCCC(CC(C)(C)C)C1. The van der Waals surface area contributed by atoms with Crippen LogP contribution >= 0.6 is 0 Å². The summed E-state index contributed by atoms with van der Waals surface area (Å²) in [4.78, 5) is 2.64. The van der Waals surface area contributed by atoms with Crippen molar-refractivity contribution in [1.82, 2.24) is 4.90 Å². The lowest BCUT2D eigenvalue weighted by atomic mass is 9.81. The van der Waals surface area contributed by atoms with E-state index in [0.29, 0.717) is 5.41 Å². The van der Waals surface area contributed by atoms with Gasteiger partial charge in [0.1, 0.15) is 0 Å². The number of hydrogen-bond donors (Lipinski definition) is 0. The molecule has 14 heavy (non-hydrogen) atoms. The highest BCUT2D eigenvalue weighted by Crippen LogP contribution is 2.30. The smallest absolute Gasteiger partial charge is 0.00387 e. The maximum atomic E-state index is 2.64. The fourth-order valence-electron chi connectivity index (χ4n) is 2.60. The number of nitrogens with zero attached hydrogens (tertiary/aromatic N) is 1. The van der Waals surface area contributed by atoms with Crippen molar-refractivity contribution in [2.75, 3.05) is 13.1 Å². The second-order valence-electron chi connectivity index (χ2n) is 6.36. The van der Waals surface area contributed by atoms with Crippen LogP contribution < -0.4 is 0 Å². The van der Waals surface area contributed by atoms with Gasteiger partial charge in [-0.2, -0.15) is 0 Å². The molecule has 0 radical (unpaired) electrons. The van der Waals surface area contributed by atoms with Crippen molar-refractivity contribution < 1.29 is 0 Å². The first-order chi connectivity index (χ1) is 6.38. The Labute approximate surface area is 89.9 Å². The highest BCUT2D eigenvalue weighted by Gasteiger charge is 2.25. The van der Waals surface area contributed by atoms with Crippen molar-refractivity contribution in [1.29, 1.82) is 0 Å². The van der Waals surface area contributed by atoms with Gasteiger partial charge in [-0.1, -0.05) is 20.8 Å². The molecule has 0 saturated carbocycles. The first-order valence-electron chi connectivity index (χ1n) is 6.12. The molecule has 0 aromatic rings. The van der Waals surface area contributed by atoms with Crippen molar-refractivity contribution in [3.63, 3.8) is 0 Å². The van der Waals surface area contributed by atoms with Gasteiger partial charge in [0.05, 0.1) is 0 Å². The van der Waals surface area contributed by atoms with Gasteiger partial charge in [0.2, 0.25) is 0 Å². The molecule has 0 N–H and O–H groups in total. The van der Waals surface area contributed by atoms with Crippen molar-refractivity contribution in [2.24, 2.45) is 11.3 Å². The molecule has 0 aliphatic carbocycles. The third-order valence-corrected chi connectivity index (χ3v) is 3.18. The van der Waals surface area contributed by atoms with Gasteiger partial charge in [-0.3, -0.25) is 0 Å². The highest BCUT2D eigenvalue weighted by atomic mass is 15.2. The van der Waals surface area contributed by atoms with E-state index in [1.165, 1.54) is 32.4 Å². The van der Waals surface area contributed by atoms with E-state index in [4.69, 9.17) is 0 Å². The monoisotopic (exact) mass is 197 g/mol.